The van der Waals surface area contributed by atoms with E-state index in [0.29, 0.717) is 5.70 Å². The molecule has 1 fully saturated rings. The molecule has 1 saturated carbocycles. The molecule has 2 nitrogen and oxygen atoms in total. The molecular formula is C8H8N2. The van der Waals surface area contributed by atoms with E-state index in [9.17, 15) is 0 Å². The summed E-state index contributed by atoms with van der Waals surface area (Å²) in [7, 11) is 0. The predicted molar refractivity (Wildman–Crippen MR) is 37.7 cm³/mol. The Morgan fingerprint density at radius 3 is 2.50 bits per heavy atom. The van der Waals surface area contributed by atoms with E-state index in [0.717, 1.165) is 31.3 Å². The summed E-state index contributed by atoms with van der Waals surface area (Å²) in [6, 6.07) is 1.92. The molecule has 0 amide bonds. The Morgan fingerprint density at radius 2 is 2.10 bits per heavy atom. The average Bonchev–Trinajstić information content (AvgIpc) is 2.43. The fourth-order valence-corrected chi connectivity index (χ4v) is 1.22. The van der Waals surface area contributed by atoms with Crippen LogP contribution in [0.3, 0.4) is 0 Å². The molecule has 0 aromatic heterocycles. The topological polar surface area (TPSA) is 28.1 Å². The zero-order chi connectivity index (χ0) is 7.40. The number of hydrogen-bond donors (Lipinski definition) is 0. The van der Waals surface area contributed by atoms with Crippen LogP contribution in [0.15, 0.2) is 11.3 Å². The minimum atomic E-state index is 0.331. The second-order valence-corrected chi connectivity index (χ2v) is 2.38. The van der Waals surface area contributed by atoms with Crippen LogP contribution in [0.1, 0.15) is 25.7 Å². The summed E-state index contributed by atoms with van der Waals surface area (Å²) in [6.45, 7) is 6.67. The standard InChI is InChI=1S/C8H8N2/c1-10-8(6-9)7-4-2-3-5-7/h2-5H2. The van der Waals surface area contributed by atoms with E-state index in [2.05, 4.69) is 4.85 Å². The molecule has 0 unspecified atom stereocenters. The van der Waals surface area contributed by atoms with Crippen LogP contribution in [0, 0.1) is 17.9 Å². The highest BCUT2D eigenvalue weighted by Crippen LogP contribution is 2.26. The Labute approximate surface area is 60.6 Å². The van der Waals surface area contributed by atoms with Crippen molar-refractivity contribution in [3.63, 3.8) is 0 Å². The van der Waals surface area contributed by atoms with Gasteiger partial charge >= 0.3 is 0 Å². The maximum Gasteiger partial charge on any atom is 0.261 e. The van der Waals surface area contributed by atoms with Gasteiger partial charge in [0.25, 0.3) is 5.70 Å². The maximum atomic E-state index is 8.46. The van der Waals surface area contributed by atoms with Gasteiger partial charge in [-0.2, -0.15) is 0 Å². The molecule has 10 heavy (non-hydrogen) atoms. The number of allylic oxidation sites excluding steroid dienone is 2. The Morgan fingerprint density at radius 1 is 1.50 bits per heavy atom. The van der Waals surface area contributed by atoms with Crippen LogP contribution in [0.4, 0.5) is 0 Å². The Hall–Kier alpha value is -1.28. The molecule has 0 atom stereocenters. The van der Waals surface area contributed by atoms with E-state index in [1.165, 1.54) is 0 Å². The van der Waals surface area contributed by atoms with Gasteiger partial charge in [-0.3, -0.25) is 0 Å². The van der Waals surface area contributed by atoms with Crippen LogP contribution in [0.2, 0.25) is 0 Å². The SMILES string of the molecule is [C-]#[N+]C(C#N)=C1CCCC1. The number of hydrogen-bond acceptors (Lipinski definition) is 1. The van der Waals surface area contributed by atoms with E-state index < -0.39 is 0 Å². The van der Waals surface area contributed by atoms with Crippen molar-refractivity contribution in [3.8, 4) is 6.07 Å². The molecule has 0 bridgehead atoms. The zero-order valence-electron chi connectivity index (χ0n) is 5.72. The molecule has 0 aromatic carbocycles. The van der Waals surface area contributed by atoms with Crippen LogP contribution in [-0.2, 0) is 0 Å². The highest BCUT2D eigenvalue weighted by Gasteiger charge is 2.11. The highest BCUT2D eigenvalue weighted by molar-refractivity contribution is 5.34. The summed E-state index contributed by atoms with van der Waals surface area (Å²) < 4.78 is 0. The van der Waals surface area contributed by atoms with Gasteiger partial charge in [0, 0.05) is 0 Å². The minimum Gasteiger partial charge on any atom is -0.227 e. The normalized spacial score (nSPS) is 16.0. The molecule has 0 aliphatic heterocycles. The van der Waals surface area contributed by atoms with Gasteiger partial charge in [0.2, 0.25) is 0 Å². The number of rotatable bonds is 0. The van der Waals surface area contributed by atoms with Gasteiger partial charge in [-0.15, -0.1) is 0 Å². The fraction of sp³-hybridized carbons (Fsp3) is 0.500. The molecule has 0 N–H and O–H groups in total. The summed E-state index contributed by atoms with van der Waals surface area (Å²) in [5, 5.41) is 8.46. The molecule has 1 aliphatic carbocycles. The lowest BCUT2D eigenvalue weighted by Crippen LogP contribution is -1.77. The third kappa shape index (κ3) is 1.17. The lowest BCUT2D eigenvalue weighted by molar-refractivity contribution is 0.886. The van der Waals surface area contributed by atoms with Crippen molar-refractivity contribution in [2.45, 2.75) is 25.7 Å². The number of nitriles is 1. The zero-order valence-corrected chi connectivity index (χ0v) is 5.72. The minimum absolute atomic E-state index is 0.331. The largest absolute Gasteiger partial charge is 0.261 e. The van der Waals surface area contributed by atoms with E-state index in [4.69, 9.17) is 11.8 Å². The molecule has 0 aromatic rings. The predicted octanol–water partition coefficient (Wildman–Crippen LogP) is 2.26. The van der Waals surface area contributed by atoms with Gasteiger partial charge in [0.05, 0.1) is 12.6 Å². The van der Waals surface area contributed by atoms with Gasteiger partial charge in [-0.25, -0.2) is 10.1 Å². The van der Waals surface area contributed by atoms with E-state index in [1.54, 1.807) is 0 Å². The first-order valence-corrected chi connectivity index (χ1v) is 3.38. The van der Waals surface area contributed by atoms with Crippen molar-refractivity contribution in [2.75, 3.05) is 0 Å². The smallest absolute Gasteiger partial charge is 0.227 e. The highest BCUT2D eigenvalue weighted by atomic mass is 14.7. The Bertz CT molecular complexity index is 213. The van der Waals surface area contributed by atoms with Gasteiger partial charge in [-0.05, 0) is 12.8 Å². The lowest BCUT2D eigenvalue weighted by atomic mass is 10.2. The van der Waals surface area contributed by atoms with Crippen LogP contribution in [0.5, 0.6) is 0 Å². The van der Waals surface area contributed by atoms with Gasteiger partial charge in [0.1, 0.15) is 0 Å². The first-order chi connectivity index (χ1) is 4.88. The molecule has 2 heteroatoms. The van der Waals surface area contributed by atoms with E-state index in [1.807, 2.05) is 6.07 Å². The monoisotopic (exact) mass is 132 g/mol. The quantitative estimate of drug-likeness (QED) is 0.367. The van der Waals surface area contributed by atoms with Gasteiger partial charge in [-0.1, -0.05) is 18.4 Å². The van der Waals surface area contributed by atoms with Crippen molar-refractivity contribution in [3.05, 3.63) is 22.7 Å². The Kier molecular flexibility index (Phi) is 2.07. The molecule has 50 valence electrons. The molecule has 0 radical (unpaired) electrons. The third-order valence-corrected chi connectivity index (χ3v) is 1.76. The van der Waals surface area contributed by atoms with Crippen molar-refractivity contribution in [1.29, 1.82) is 5.26 Å². The first kappa shape index (κ1) is 6.83. The molecule has 0 heterocycles. The fourth-order valence-electron chi connectivity index (χ4n) is 1.22. The molecule has 0 saturated heterocycles. The van der Waals surface area contributed by atoms with Gasteiger partial charge in [0.15, 0.2) is 0 Å². The lowest BCUT2D eigenvalue weighted by Gasteiger charge is -1.90. The maximum absolute atomic E-state index is 8.46. The van der Waals surface area contributed by atoms with E-state index >= 15 is 0 Å². The first-order valence-electron chi connectivity index (χ1n) is 3.38. The van der Waals surface area contributed by atoms with Crippen LogP contribution < -0.4 is 0 Å². The van der Waals surface area contributed by atoms with Crippen LogP contribution >= 0.6 is 0 Å². The second kappa shape index (κ2) is 3.03. The molecule has 0 spiro atoms. The summed E-state index contributed by atoms with van der Waals surface area (Å²) in [5.41, 5.74) is 1.40. The average molecular weight is 132 g/mol. The van der Waals surface area contributed by atoms with Crippen LogP contribution in [0.25, 0.3) is 4.85 Å². The van der Waals surface area contributed by atoms with Crippen molar-refractivity contribution >= 4 is 0 Å². The van der Waals surface area contributed by atoms with Crippen molar-refractivity contribution < 1.29 is 0 Å². The third-order valence-electron chi connectivity index (χ3n) is 1.76. The van der Waals surface area contributed by atoms with Crippen molar-refractivity contribution in [2.24, 2.45) is 0 Å². The molecule has 1 aliphatic rings. The van der Waals surface area contributed by atoms with Gasteiger partial charge < -0.3 is 0 Å². The Balaban J connectivity index is 2.85. The number of nitrogens with zero attached hydrogens (tertiary/aromatic N) is 2. The van der Waals surface area contributed by atoms with Crippen molar-refractivity contribution in [1.82, 2.24) is 0 Å². The van der Waals surface area contributed by atoms with E-state index in [-0.39, 0.29) is 0 Å². The molecular weight excluding hydrogens is 124 g/mol. The summed E-state index contributed by atoms with van der Waals surface area (Å²) >= 11 is 0. The summed E-state index contributed by atoms with van der Waals surface area (Å²) in [6.07, 6.45) is 4.22. The summed E-state index contributed by atoms with van der Waals surface area (Å²) in [4.78, 5) is 3.16. The van der Waals surface area contributed by atoms with Crippen LogP contribution in [-0.4, -0.2) is 0 Å². The second-order valence-electron chi connectivity index (χ2n) is 2.38. The molecule has 1 rings (SSSR count). The summed E-state index contributed by atoms with van der Waals surface area (Å²) in [5.74, 6) is 0.